The molecule has 15 heterocycles. The predicted molar refractivity (Wildman–Crippen MR) is 288 cm³/mol. The Hall–Kier alpha value is -1.73. The Morgan fingerprint density at radius 1 is 0.524 bits per heavy atom. The summed E-state index contributed by atoms with van der Waals surface area (Å²) < 4.78 is 111. The molecular weight excluding hydrogens is 1060 g/mol. The number of aliphatic hydroxyl groups excluding tert-OH is 2. The predicted octanol–water partition coefficient (Wildman–Crippen LogP) is 6.36. The molecule has 19 heteroatoms. The van der Waals surface area contributed by atoms with Crippen LogP contribution in [0.15, 0.2) is 24.3 Å². The fourth-order valence-electron chi connectivity index (χ4n) is 18.7. The van der Waals surface area contributed by atoms with E-state index in [-0.39, 0.29) is 153 Å². The third kappa shape index (κ3) is 10.1. The summed E-state index contributed by atoms with van der Waals surface area (Å²) in [4.78, 5) is 14.7. The number of esters is 1. The second-order valence-corrected chi connectivity index (χ2v) is 28.3. The lowest BCUT2D eigenvalue weighted by molar-refractivity contribution is -0.369. The maximum atomic E-state index is 14.7. The number of ether oxygens (including phenoxy) is 16. The molecule has 0 aromatic heterocycles. The van der Waals surface area contributed by atoms with E-state index in [0.717, 1.165) is 56.1 Å². The summed E-state index contributed by atoms with van der Waals surface area (Å²) in [7, 11) is 0. The molecule has 0 amide bonds. The minimum absolute atomic E-state index is 0.0147. The Bertz CT molecular complexity index is 2400. The molecule has 19 nitrogen and oxygen atoms in total. The van der Waals surface area contributed by atoms with Gasteiger partial charge in [-0.3, -0.25) is 4.79 Å². The minimum atomic E-state index is -0.943. The Morgan fingerprint density at radius 2 is 1.20 bits per heavy atom. The van der Waals surface area contributed by atoms with Crippen LogP contribution in [0.5, 0.6) is 0 Å². The molecule has 458 valence electrons. The number of hydrogen-bond donors (Lipinski definition) is 2. The van der Waals surface area contributed by atoms with Crippen molar-refractivity contribution in [3.05, 3.63) is 24.3 Å². The van der Waals surface area contributed by atoms with E-state index in [9.17, 15) is 15.0 Å². The zero-order valence-electron chi connectivity index (χ0n) is 48.8. The quantitative estimate of drug-likeness (QED) is 0.232. The van der Waals surface area contributed by atoms with Gasteiger partial charge in [-0.2, -0.15) is 0 Å². The van der Waals surface area contributed by atoms with Gasteiger partial charge in [-0.15, -0.1) is 0 Å². The fraction of sp³-hybridized carbons (Fsp3) is 0.921. The molecule has 32 atom stereocenters. The topological polar surface area (TPSA) is 205 Å². The van der Waals surface area contributed by atoms with E-state index in [1.165, 1.54) is 0 Å². The van der Waals surface area contributed by atoms with Crippen molar-refractivity contribution >= 4 is 5.97 Å². The molecule has 1 unspecified atom stereocenters. The Balaban J connectivity index is 0.657. The van der Waals surface area contributed by atoms with E-state index < -0.39 is 60.1 Å². The van der Waals surface area contributed by atoms with E-state index >= 15 is 0 Å². The standard InChI is InChI=1S/C63H92O19/c1-8-67-59-58-41-14-16-61(77-41)15-13-37-18-30(3)39(68-37)11-9-35-17-29(2)33(6)42(69-35)20-47-56(76-52(66)19-36-10-12-40(73-58)57(70-36)60(59)82-61)34(7)55-48(72-47)23-46-50(75-55)26-63(78-46)27-51-54(81-63)32(5)25-62(80-51)24-31(4)53-49(79-62)22-44-45(74-53)21-43(71-44)38(65)28-64/h29,31-32,34-51,53-60,64-65H,3,6,8-28H2,1-2,4-5,7H3/t29-,31+,32+,34+,35+,36-,37+,38+,39+,40+,41?,42-,43+,44-,45-,46-,47+,48+,49+,50-,51+,53+,54+,55+,56-,57+,58+,59-,60+,61+,62-,63+/m1/s1. The van der Waals surface area contributed by atoms with Crippen LogP contribution in [-0.2, 0) is 80.6 Å². The molecule has 0 aliphatic carbocycles. The van der Waals surface area contributed by atoms with Gasteiger partial charge in [0.15, 0.2) is 17.4 Å². The zero-order chi connectivity index (χ0) is 56.1. The first-order valence-electron chi connectivity index (χ1n) is 32.3. The van der Waals surface area contributed by atoms with Gasteiger partial charge in [0.2, 0.25) is 0 Å². The summed E-state index contributed by atoms with van der Waals surface area (Å²) in [5, 5.41) is 20.0. The summed E-state index contributed by atoms with van der Waals surface area (Å²) in [5.41, 5.74) is 2.16. The number of hydrogen-bond acceptors (Lipinski definition) is 19. The van der Waals surface area contributed by atoms with E-state index in [1.54, 1.807) is 0 Å². The lowest BCUT2D eigenvalue weighted by Gasteiger charge is -2.54. The van der Waals surface area contributed by atoms with Crippen LogP contribution < -0.4 is 0 Å². The fourth-order valence-corrected chi connectivity index (χ4v) is 18.7. The van der Waals surface area contributed by atoms with Gasteiger partial charge in [0.05, 0.1) is 129 Å². The van der Waals surface area contributed by atoms with Gasteiger partial charge in [0.1, 0.15) is 36.6 Å². The highest BCUT2D eigenvalue weighted by Crippen LogP contribution is 2.57. The molecule has 0 radical (unpaired) electrons. The Labute approximate surface area is 482 Å². The van der Waals surface area contributed by atoms with E-state index in [1.807, 2.05) is 6.92 Å². The van der Waals surface area contributed by atoms with Gasteiger partial charge in [-0.25, -0.2) is 0 Å². The van der Waals surface area contributed by atoms with Gasteiger partial charge < -0.3 is 86.0 Å². The molecule has 0 aromatic rings. The minimum Gasteiger partial charge on any atom is -0.459 e. The Morgan fingerprint density at radius 3 is 2.04 bits per heavy atom. The molecule has 3 spiro atoms. The lowest BCUT2D eigenvalue weighted by atomic mass is 9.78. The lowest BCUT2D eigenvalue weighted by Crippen LogP contribution is -2.64. The second kappa shape index (κ2) is 21.8. The van der Waals surface area contributed by atoms with Gasteiger partial charge in [-0.1, -0.05) is 40.9 Å². The van der Waals surface area contributed by atoms with Crippen molar-refractivity contribution in [1.82, 2.24) is 0 Å². The maximum Gasteiger partial charge on any atom is 0.308 e. The van der Waals surface area contributed by atoms with Crippen LogP contribution in [0.3, 0.4) is 0 Å². The average molecular weight is 1150 g/mol. The molecule has 15 aliphatic heterocycles. The molecule has 15 rings (SSSR count). The molecular formula is C63H92O19. The SMILES string of the molecule is C=C1C[C@@H]2CC[C@]34CCC(O3)[C@@H]3O[C@H]5CC[C@H](CC(=O)O[C@@H]6[C@@H](C)[C@@H]7O[C@@H]8C[C@]9(C[C@@H]%10O[C@]%11(C[C@H](C)[C@@H]%12O[C@@H]%13C[C@@H]([C@@H](O)CO)O[C@@H]%13C[C@@H]%12O%11)C[C@H](C)[C@@H]%10O9)O[C@@H]8C[C@@H]7O[C@H]6C[C@H]6O[C@@H](CC[C@@H]1O2)C[C@@H](C)C6=C)O[C@@H]5[C@H](O4)[C@@H]3OCC. The van der Waals surface area contributed by atoms with Crippen LogP contribution in [0, 0.1) is 23.7 Å². The molecule has 15 fully saturated rings. The molecule has 82 heavy (non-hydrogen) atoms. The van der Waals surface area contributed by atoms with Crippen LogP contribution in [0.25, 0.3) is 0 Å². The van der Waals surface area contributed by atoms with Crippen molar-refractivity contribution in [3.63, 3.8) is 0 Å². The number of carbonyl (C=O) groups is 1. The number of aliphatic hydroxyl groups is 2. The zero-order valence-corrected chi connectivity index (χ0v) is 48.8. The highest BCUT2D eigenvalue weighted by molar-refractivity contribution is 5.70. The third-order valence-electron chi connectivity index (χ3n) is 22.6. The summed E-state index contributed by atoms with van der Waals surface area (Å²) >= 11 is 0. The summed E-state index contributed by atoms with van der Waals surface area (Å²) in [5.74, 6) is -2.61. The molecule has 15 aliphatic rings. The van der Waals surface area contributed by atoms with Gasteiger partial charge in [0, 0.05) is 76.7 Å². The highest BCUT2D eigenvalue weighted by Gasteiger charge is 2.66. The molecule has 10 bridgehead atoms. The van der Waals surface area contributed by atoms with Crippen molar-refractivity contribution in [3.8, 4) is 0 Å². The summed E-state index contributed by atoms with van der Waals surface area (Å²) in [6.45, 7) is 20.1. The van der Waals surface area contributed by atoms with Crippen molar-refractivity contribution < 1.29 is 90.8 Å². The average Bonchev–Trinajstić information content (AvgIpc) is 3.96. The van der Waals surface area contributed by atoms with Crippen LogP contribution in [-0.4, -0.2) is 199 Å². The van der Waals surface area contributed by atoms with Gasteiger partial charge >= 0.3 is 5.97 Å². The summed E-state index contributed by atoms with van der Waals surface area (Å²) in [6, 6.07) is 0. The van der Waals surface area contributed by atoms with Crippen molar-refractivity contribution in [2.75, 3.05) is 13.2 Å². The number of rotatable bonds is 4. The smallest absolute Gasteiger partial charge is 0.308 e. The number of fused-ring (bicyclic) bond motifs is 14. The second-order valence-electron chi connectivity index (χ2n) is 28.3. The first-order chi connectivity index (χ1) is 39.5. The summed E-state index contributed by atoms with van der Waals surface area (Å²) in [6.07, 6.45) is 4.78. The van der Waals surface area contributed by atoms with Crippen molar-refractivity contribution in [1.29, 1.82) is 0 Å². The van der Waals surface area contributed by atoms with E-state index in [0.29, 0.717) is 77.2 Å². The molecule has 15 saturated heterocycles. The molecule has 0 aromatic carbocycles. The molecule has 0 saturated carbocycles. The maximum absolute atomic E-state index is 14.7. The van der Waals surface area contributed by atoms with Crippen LogP contribution in [0.4, 0.5) is 0 Å². The largest absolute Gasteiger partial charge is 0.459 e. The highest BCUT2D eigenvalue weighted by atomic mass is 16.8. The Kier molecular flexibility index (Phi) is 15.1. The van der Waals surface area contributed by atoms with Crippen LogP contribution in [0.2, 0.25) is 0 Å². The van der Waals surface area contributed by atoms with Crippen molar-refractivity contribution in [2.24, 2.45) is 23.7 Å². The monoisotopic (exact) mass is 1150 g/mol. The van der Waals surface area contributed by atoms with Crippen LogP contribution >= 0.6 is 0 Å². The normalized spacial score (nSPS) is 56.5. The van der Waals surface area contributed by atoms with E-state index in [4.69, 9.17) is 75.8 Å². The first kappa shape index (κ1) is 56.8. The van der Waals surface area contributed by atoms with Crippen LogP contribution in [0.1, 0.15) is 157 Å². The van der Waals surface area contributed by atoms with Crippen molar-refractivity contribution in [2.45, 2.75) is 327 Å². The number of carbonyl (C=O) groups excluding carboxylic acids is 1. The van der Waals surface area contributed by atoms with E-state index in [2.05, 4.69) is 40.9 Å². The third-order valence-corrected chi connectivity index (χ3v) is 22.6. The van der Waals surface area contributed by atoms with Gasteiger partial charge in [-0.05, 0) is 87.2 Å². The molecule has 2 N–H and O–H groups in total. The first-order valence-corrected chi connectivity index (χ1v) is 32.3. The van der Waals surface area contributed by atoms with Gasteiger partial charge in [0.25, 0.3) is 0 Å².